The summed E-state index contributed by atoms with van der Waals surface area (Å²) >= 11 is 1.04. The molecule has 7 heteroatoms. The van der Waals surface area contributed by atoms with Crippen molar-refractivity contribution in [3.63, 3.8) is 0 Å². The molecule has 3 aromatic rings. The minimum atomic E-state index is -3.67. The molecule has 0 amide bonds. The highest BCUT2D eigenvalue weighted by Crippen LogP contribution is 2.23. The summed E-state index contributed by atoms with van der Waals surface area (Å²) < 4.78 is 30.1. The Bertz CT molecular complexity index is 1050. The number of benzene rings is 2. The largest absolute Gasteiger partial charge is 0.307 e. The van der Waals surface area contributed by atoms with Crippen LogP contribution in [0.15, 0.2) is 52.2 Å². The van der Waals surface area contributed by atoms with Gasteiger partial charge in [0.25, 0.3) is 0 Å². The quantitative estimate of drug-likeness (QED) is 0.776. The number of rotatable bonds is 4. The molecule has 126 valence electrons. The minimum absolute atomic E-state index is 0.111. The van der Waals surface area contributed by atoms with E-state index in [4.69, 9.17) is 0 Å². The van der Waals surface area contributed by atoms with E-state index in [0.29, 0.717) is 4.70 Å². The second-order valence-electron chi connectivity index (χ2n) is 5.81. The van der Waals surface area contributed by atoms with Crippen molar-refractivity contribution in [1.29, 1.82) is 0 Å². The molecule has 0 aliphatic rings. The summed E-state index contributed by atoms with van der Waals surface area (Å²) in [5, 5.41) is 0. The van der Waals surface area contributed by atoms with Gasteiger partial charge in [0, 0.05) is 13.1 Å². The van der Waals surface area contributed by atoms with Gasteiger partial charge >= 0.3 is 4.87 Å². The maximum absolute atomic E-state index is 12.6. The summed E-state index contributed by atoms with van der Waals surface area (Å²) in [5.74, 6) is 0. The highest BCUT2D eigenvalue weighted by Gasteiger charge is 2.19. The normalized spacial score (nSPS) is 13.3. The van der Waals surface area contributed by atoms with Crippen molar-refractivity contribution in [2.45, 2.75) is 24.8 Å². The van der Waals surface area contributed by atoms with E-state index in [1.54, 1.807) is 19.2 Å². The van der Waals surface area contributed by atoms with Crippen LogP contribution < -0.4 is 9.60 Å². The zero-order valence-corrected chi connectivity index (χ0v) is 15.2. The lowest BCUT2D eigenvalue weighted by Crippen LogP contribution is -2.26. The molecule has 0 spiro atoms. The minimum Gasteiger partial charge on any atom is -0.302 e. The first-order valence-electron chi connectivity index (χ1n) is 7.46. The number of thiazole rings is 1. The lowest BCUT2D eigenvalue weighted by atomic mass is 10.1. The molecule has 0 bridgehead atoms. The van der Waals surface area contributed by atoms with Crippen molar-refractivity contribution in [1.82, 2.24) is 9.29 Å². The molecule has 0 unspecified atom stereocenters. The Kier molecular flexibility index (Phi) is 4.33. The number of aromatic nitrogens is 1. The van der Waals surface area contributed by atoms with Crippen LogP contribution in [0.5, 0.6) is 0 Å². The molecule has 1 atom stereocenters. The third kappa shape index (κ3) is 3.15. The number of nitrogens with zero attached hydrogens (tertiary/aromatic N) is 1. The van der Waals surface area contributed by atoms with Crippen LogP contribution in [0.3, 0.4) is 0 Å². The van der Waals surface area contributed by atoms with E-state index in [1.165, 1.54) is 10.6 Å². The number of fused-ring (bicyclic) bond motifs is 1. The molecule has 0 saturated carbocycles. The van der Waals surface area contributed by atoms with Gasteiger partial charge in [0.1, 0.15) is 0 Å². The van der Waals surface area contributed by atoms with Gasteiger partial charge < -0.3 is 4.57 Å². The molecule has 5 nitrogen and oxygen atoms in total. The highest BCUT2D eigenvalue weighted by molar-refractivity contribution is 7.89. The van der Waals surface area contributed by atoms with Gasteiger partial charge in [0.05, 0.1) is 15.1 Å². The van der Waals surface area contributed by atoms with Crippen molar-refractivity contribution in [2.24, 2.45) is 7.05 Å². The fourth-order valence-corrected chi connectivity index (χ4v) is 4.76. The molecule has 0 saturated heterocycles. The van der Waals surface area contributed by atoms with Crippen LogP contribution in [0.2, 0.25) is 0 Å². The zero-order chi connectivity index (χ0) is 17.5. The number of hydrogen-bond acceptors (Lipinski definition) is 4. The monoisotopic (exact) mass is 362 g/mol. The molecule has 1 heterocycles. The summed E-state index contributed by atoms with van der Waals surface area (Å²) in [4.78, 5) is 11.8. The lowest BCUT2D eigenvalue weighted by Gasteiger charge is -2.15. The van der Waals surface area contributed by atoms with Gasteiger partial charge in [-0.05, 0) is 37.6 Å². The molecule has 0 aliphatic carbocycles. The molecule has 0 fully saturated rings. The molecular formula is C17H18N2O3S2. The predicted molar refractivity (Wildman–Crippen MR) is 97.0 cm³/mol. The Hall–Kier alpha value is -1.96. The van der Waals surface area contributed by atoms with E-state index in [0.717, 1.165) is 28.0 Å². The fraction of sp³-hybridized carbons (Fsp3) is 0.235. The average molecular weight is 362 g/mol. The predicted octanol–water partition coefficient (Wildman–Crippen LogP) is 2.95. The van der Waals surface area contributed by atoms with Crippen LogP contribution in [0, 0.1) is 6.92 Å². The molecule has 3 rings (SSSR count). The smallest absolute Gasteiger partial charge is 0.302 e. The van der Waals surface area contributed by atoms with Gasteiger partial charge in [-0.1, -0.05) is 41.2 Å². The Morgan fingerprint density at radius 2 is 1.79 bits per heavy atom. The average Bonchev–Trinajstić information content (AvgIpc) is 2.82. The van der Waals surface area contributed by atoms with Crippen molar-refractivity contribution >= 4 is 31.6 Å². The maximum atomic E-state index is 12.6. The third-order valence-corrected chi connectivity index (χ3v) is 6.52. The van der Waals surface area contributed by atoms with Crippen molar-refractivity contribution in [3.8, 4) is 0 Å². The number of hydrogen-bond donors (Lipinski definition) is 1. The van der Waals surface area contributed by atoms with Crippen LogP contribution in [-0.2, 0) is 17.1 Å². The van der Waals surface area contributed by atoms with Gasteiger partial charge in [0.2, 0.25) is 10.0 Å². The topological polar surface area (TPSA) is 68.2 Å². The standard InChI is InChI=1S/C17H18N2O3S2/c1-11-4-6-13(7-5-11)12(2)18-24(21,22)14-8-9-15-16(10-14)23-17(20)19(15)3/h4-10,12,18H,1-3H3/t12-/m1/s1. The SMILES string of the molecule is Cc1ccc([C@@H](C)NS(=O)(=O)c2ccc3c(c2)sc(=O)n3C)cc1. The van der Waals surface area contributed by atoms with Crippen molar-refractivity contribution < 1.29 is 8.42 Å². The first-order chi connectivity index (χ1) is 11.3. The first kappa shape index (κ1) is 16.9. The van der Waals surface area contributed by atoms with Gasteiger partial charge in [-0.2, -0.15) is 0 Å². The molecule has 0 radical (unpaired) electrons. The van der Waals surface area contributed by atoms with Gasteiger partial charge in [-0.15, -0.1) is 0 Å². The van der Waals surface area contributed by atoms with E-state index in [9.17, 15) is 13.2 Å². The van der Waals surface area contributed by atoms with E-state index in [1.807, 2.05) is 38.1 Å². The summed E-state index contributed by atoms with van der Waals surface area (Å²) in [6.07, 6.45) is 0. The Balaban J connectivity index is 1.92. The Morgan fingerprint density at radius 1 is 1.12 bits per heavy atom. The van der Waals surface area contributed by atoms with Gasteiger partial charge in [-0.25, -0.2) is 13.1 Å². The number of aryl methyl sites for hydroxylation is 2. The van der Waals surface area contributed by atoms with E-state index >= 15 is 0 Å². The summed E-state index contributed by atoms with van der Waals surface area (Å²) in [6, 6.07) is 12.1. The fourth-order valence-electron chi connectivity index (χ4n) is 2.51. The molecular weight excluding hydrogens is 344 g/mol. The molecule has 0 aliphatic heterocycles. The summed E-state index contributed by atoms with van der Waals surface area (Å²) in [6.45, 7) is 3.79. The zero-order valence-electron chi connectivity index (χ0n) is 13.6. The van der Waals surface area contributed by atoms with Crippen molar-refractivity contribution in [2.75, 3.05) is 0 Å². The van der Waals surface area contributed by atoms with Gasteiger partial charge in [-0.3, -0.25) is 4.79 Å². The van der Waals surface area contributed by atoms with Crippen molar-refractivity contribution in [3.05, 3.63) is 63.3 Å². The number of sulfonamides is 1. The van der Waals surface area contributed by atoms with Gasteiger partial charge in [0.15, 0.2) is 0 Å². The second kappa shape index (κ2) is 6.16. The first-order valence-corrected chi connectivity index (χ1v) is 9.76. The highest BCUT2D eigenvalue weighted by atomic mass is 32.2. The van der Waals surface area contributed by atoms with E-state index < -0.39 is 10.0 Å². The number of nitrogens with one attached hydrogen (secondary N) is 1. The Morgan fingerprint density at radius 3 is 2.46 bits per heavy atom. The van der Waals surface area contributed by atoms with Crippen LogP contribution in [0.4, 0.5) is 0 Å². The summed E-state index contributed by atoms with van der Waals surface area (Å²) in [7, 11) is -1.99. The second-order valence-corrected chi connectivity index (χ2v) is 8.52. The van der Waals surface area contributed by atoms with E-state index in [-0.39, 0.29) is 15.8 Å². The molecule has 1 aromatic heterocycles. The van der Waals surface area contributed by atoms with E-state index in [2.05, 4.69) is 4.72 Å². The molecule has 24 heavy (non-hydrogen) atoms. The Labute approximate surface area is 144 Å². The van der Waals surface area contributed by atoms with Crippen LogP contribution in [0.25, 0.3) is 10.2 Å². The lowest BCUT2D eigenvalue weighted by molar-refractivity contribution is 0.567. The van der Waals surface area contributed by atoms with Crippen LogP contribution in [0.1, 0.15) is 24.1 Å². The summed E-state index contributed by atoms with van der Waals surface area (Å²) in [5.41, 5.74) is 2.75. The van der Waals surface area contributed by atoms with Crippen LogP contribution >= 0.6 is 11.3 Å². The molecule has 1 N–H and O–H groups in total. The molecule has 2 aromatic carbocycles. The van der Waals surface area contributed by atoms with Crippen LogP contribution in [-0.4, -0.2) is 13.0 Å². The maximum Gasteiger partial charge on any atom is 0.307 e. The third-order valence-electron chi connectivity index (χ3n) is 3.98.